The number of β-amino-alcohol motifs (C(OH)–C–C–N with tert-alkyl or cyclic N) is 1. The standard InChI is InChI=1S/C32H49N3O9/c1-7-9-10-11-12-17-24(33-29(40)43-23-15-13-14-16-23)26(37)34-20-22(36)18-25(34)27(38)35(30(41)44-31(3,4)5)32(28(39)42-6)19-21(32)8-2/h7-8,21-25,36H,1-2,9-20H2,3-6H3,(H,33,40)/t21?,22-,24+,25?,32?/m1/s1. The van der Waals surface area contributed by atoms with E-state index in [1.807, 2.05) is 6.08 Å². The van der Waals surface area contributed by atoms with Crippen molar-refractivity contribution in [2.75, 3.05) is 13.7 Å². The number of likely N-dealkylation sites (tertiary alicyclic amines) is 1. The number of hydrogen-bond donors (Lipinski definition) is 2. The van der Waals surface area contributed by atoms with Crippen molar-refractivity contribution in [2.45, 2.75) is 127 Å². The molecule has 44 heavy (non-hydrogen) atoms. The van der Waals surface area contributed by atoms with Gasteiger partial charge in [-0.25, -0.2) is 19.3 Å². The normalized spacial score (nSPS) is 25.5. The third kappa shape index (κ3) is 8.40. The topological polar surface area (TPSA) is 152 Å². The number of carbonyl (C=O) groups excluding carboxylic acids is 5. The van der Waals surface area contributed by atoms with Gasteiger partial charge in [0.25, 0.3) is 5.91 Å². The Labute approximate surface area is 260 Å². The van der Waals surface area contributed by atoms with Crippen LogP contribution < -0.4 is 5.32 Å². The van der Waals surface area contributed by atoms with Crippen molar-refractivity contribution in [1.29, 1.82) is 0 Å². The summed E-state index contributed by atoms with van der Waals surface area (Å²) in [6.07, 6.45) is 6.95. The third-order valence-electron chi connectivity index (χ3n) is 8.42. The molecule has 2 aliphatic carbocycles. The monoisotopic (exact) mass is 619 g/mol. The first-order chi connectivity index (χ1) is 20.8. The van der Waals surface area contributed by atoms with Crippen LogP contribution in [0.25, 0.3) is 0 Å². The maximum absolute atomic E-state index is 14.3. The van der Waals surface area contributed by atoms with Crippen molar-refractivity contribution >= 4 is 30.0 Å². The summed E-state index contributed by atoms with van der Waals surface area (Å²) in [6.45, 7) is 12.1. The van der Waals surface area contributed by atoms with E-state index in [9.17, 15) is 29.1 Å². The number of unbranched alkanes of at least 4 members (excludes halogenated alkanes) is 3. The van der Waals surface area contributed by atoms with Gasteiger partial charge >= 0.3 is 18.2 Å². The molecule has 1 heterocycles. The molecule has 5 atom stereocenters. The van der Waals surface area contributed by atoms with Crippen molar-refractivity contribution in [3.05, 3.63) is 25.3 Å². The molecule has 0 spiro atoms. The molecule has 0 aromatic carbocycles. The number of hydrogen-bond acceptors (Lipinski definition) is 9. The summed E-state index contributed by atoms with van der Waals surface area (Å²) in [4.78, 5) is 69.7. The van der Waals surface area contributed by atoms with E-state index in [4.69, 9.17) is 14.2 Å². The smallest absolute Gasteiger partial charge is 0.418 e. The molecule has 246 valence electrons. The Kier molecular flexibility index (Phi) is 12.0. The van der Waals surface area contributed by atoms with Crippen LogP contribution in [0, 0.1) is 5.92 Å². The van der Waals surface area contributed by atoms with E-state index in [1.165, 1.54) is 11.0 Å². The minimum Gasteiger partial charge on any atom is -0.467 e. The van der Waals surface area contributed by atoms with Crippen LogP contribution in [-0.4, -0.2) is 94.0 Å². The zero-order chi connectivity index (χ0) is 32.7. The number of rotatable bonds is 13. The van der Waals surface area contributed by atoms with E-state index in [-0.39, 0.29) is 31.9 Å². The summed E-state index contributed by atoms with van der Waals surface area (Å²) in [5.74, 6) is -2.86. The number of imide groups is 1. The van der Waals surface area contributed by atoms with E-state index in [1.54, 1.807) is 20.8 Å². The number of carbonyl (C=O) groups is 5. The Balaban J connectivity index is 1.89. The molecule has 12 heteroatoms. The number of amides is 4. The molecule has 0 bridgehead atoms. The number of aliphatic hydroxyl groups is 1. The lowest BCUT2D eigenvalue weighted by molar-refractivity contribution is -0.157. The predicted octanol–water partition coefficient (Wildman–Crippen LogP) is 4.00. The van der Waals surface area contributed by atoms with Crippen molar-refractivity contribution in [3.8, 4) is 0 Å². The van der Waals surface area contributed by atoms with Gasteiger partial charge in [0.05, 0.1) is 13.2 Å². The molecular formula is C32H49N3O9. The maximum Gasteiger partial charge on any atom is 0.418 e. The summed E-state index contributed by atoms with van der Waals surface area (Å²) >= 11 is 0. The molecule has 0 aromatic rings. The number of alkyl carbamates (subject to hydrolysis) is 1. The van der Waals surface area contributed by atoms with E-state index in [0.717, 1.165) is 57.0 Å². The number of nitrogens with one attached hydrogen (secondary N) is 1. The molecular weight excluding hydrogens is 570 g/mol. The van der Waals surface area contributed by atoms with Crippen LogP contribution >= 0.6 is 0 Å². The predicted molar refractivity (Wildman–Crippen MR) is 161 cm³/mol. The zero-order valence-electron chi connectivity index (χ0n) is 26.5. The minimum absolute atomic E-state index is 0.0826. The first kappa shape index (κ1) is 35.1. The van der Waals surface area contributed by atoms with Gasteiger partial charge < -0.3 is 29.5 Å². The average Bonchev–Trinajstić information content (AvgIpc) is 3.24. The number of allylic oxidation sites excluding steroid dienone is 1. The van der Waals surface area contributed by atoms with Gasteiger partial charge in [-0.1, -0.05) is 25.0 Å². The Hall–Kier alpha value is -3.41. The third-order valence-corrected chi connectivity index (χ3v) is 8.42. The number of aliphatic hydroxyl groups excluding tert-OH is 1. The molecule has 2 N–H and O–H groups in total. The summed E-state index contributed by atoms with van der Waals surface area (Å²) < 4.78 is 16.1. The van der Waals surface area contributed by atoms with Gasteiger partial charge in [0.2, 0.25) is 5.91 Å². The van der Waals surface area contributed by atoms with Crippen LogP contribution in [0.1, 0.15) is 91.4 Å². The SMILES string of the molecule is C=CCCCCC[C@H](NC(=O)OC1CCCC1)C(=O)N1C[C@H](O)CC1C(=O)N(C(=O)OC(C)(C)C)C1(C(=O)OC)CC1C=C. The molecule has 3 aliphatic rings. The molecule has 3 rings (SSSR count). The zero-order valence-corrected chi connectivity index (χ0v) is 26.5. The van der Waals surface area contributed by atoms with Crippen LogP contribution in [0.15, 0.2) is 25.3 Å². The van der Waals surface area contributed by atoms with Gasteiger partial charge in [0.15, 0.2) is 5.54 Å². The van der Waals surface area contributed by atoms with Crippen LogP contribution in [0.4, 0.5) is 9.59 Å². The Bertz CT molecular complexity index is 1100. The van der Waals surface area contributed by atoms with Crippen molar-refractivity contribution in [2.24, 2.45) is 5.92 Å². The molecule has 2 saturated carbocycles. The molecule has 1 saturated heterocycles. The summed E-state index contributed by atoms with van der Waals surface area (Å²) in [7, 11) is 1.16. The summed E-state index contributed by atoms with van der Waals surface area (Å²) in [6, 6.07) is -2.33. The number of methoxy groups -OCH3 is 1. The van der Waals surface area contributed by atoms with Gasteiger partial charge in [-0.3, -0.25) is 9.59 Å². The molecule has 12 nitrogen and oxygen atoms in total. The molecule has 4 amide bonds. The van der Waals surface area contributed by atoms with Gasteiger partial charge in [0, 0.05) is 18.9 Å². The highest BCUT2D eigenvalue weighted by molar-refractivity contribution is 6.04. The van der Waals surface area contributed by atoms with Gasteiger partial charge in [-0.15, -0.1) is 13.2 Å². The van der Waals surface area contributed by atoms with Crippen LogP contribution in [0.5, 0.6) is 0 Å². The Morgan fingerprint density at radius 2 is 1.80 bits per heavy atom. The van der Waals surface area contributed by atoms with Crippen molar-refractivity contribution < 1.29 is 43.3 Å². The number of esters is 1. The molecule has 1 aliphatic heterocycles. The van der Waals surface area contributed by atoms with E-state index in [2.05, 4.69) is 18.5 Å². The fourth-order valence-electron chi connectivity index (χ4n) is 6.12. The Morgan fingerprint density at radius 3 is 2.36 bits per heavy atom. The largest absolute Gasteiger partial charge is 0.467 e. The quantitative estimate of drug-likeness (QED) is 0.135. The molecule has 0 aromatic heterocycles. The Morgan fingerprint density at radius 1 is 1.11 bits per heavy atom. The second-order valence-electron chi connectivity index (χ2n) is 12.9. The molecule has 0 radical (unpaired) electrons. The number of nitrogens with zero attached hydrogens (tertiary/aromatic N) is 2. The van der Waals surface area contributed by atoms with Crippen molar-refractivity contribution in [3.63, 3.8) is 0 Å². The molecule has 3 unspecified atom stereocenters. The maximum atomic E-state index is 14.3. The second-order valence-corrected chi connectivity index (χ2v) is 12.9. The van der Waals surface area contributed by atoms with Gasteiger partial charge in [-0.05, 0) is 72.1 Å². The van der Waals surface area contributed by atoms with E-state index in [0.29, 0.717) is 6.42 Å². The average molecular weight is 620 g/mol. The first-order valence-electron chi connectivity index (χ1n) is 15.6. The lowest BCUT2D eigenvalue weighted by atomic mass is 10.0. The summed E-state index contributed by atoms with van der Waals surface area (Å²) in [5, 5.41) is 13.4. The van der Waals surface area contributed by atoms with Gasteiger partial charge in [-0.2, -0.15) is 0 Å². The first-order valence-corrected chi connectivity index (χ1v) is 15.6. The molecule has 3 fully saturated rings. The number of ether oxygens (including phenoxy) is 3. The highest BCUT2D eigenvalue weighted by atomic mass is 16.6. The second kappa shape index (κ2) is 15.0. The van der Waals surface area contributed by atoms with Crippen molar-refractivity contribution in [1.82, 2.24) is 15.1 Å². The van der Waals surface area contributed by atoms with Crippen LogP contribution in [0.3, 0.4) is 0 Å². The fourth-order valence-corrected chi connectivity index (χ4v) is 6.12. The lowest BCUT2D eigenvalue weighted by Gasteiger charge is -2.35. The van der Waals surface area contributed by atoms with Crippen LogP contribution in [0.2, 0.25) is 0 Å². The van der Waals surface area contributed by atoms with Gasteiger partial charge in [0.1, 0.15) is 23.8 Å². The van der Waals surface area contributed by atoms with Crippen LogP contribution in [-0.2, 0) is 28.6 Å². The highest BCUT2D eigenvalue weighted by Gasteiger charge is 2.69. The summed E-state index contributed by atoms with van der Waals surface area (Å²) in [5.41, 5.74) is -2.69. The lowest BCUT2D eigenvalue weighted by Crippen LogP contribution is -2.60. The highest BCUT2D eigenvalue weighted by Crippen LogP contribution is 2.51. The fraction of sp³-hybridized carbons (Fsp3) is 0.719. The van der Waals surface area contributed by atoms with E-state index >= 15 is 0 Å². The van der Waals surface area contributed by atoms with E-state index < -0.39 is 65.2 Å². The minimum atomic E-state index is -1.69.